The van der Waals surface area contributed by atoms with E-state index in [0.717, 1.165) is 30.9 Å². The molecular formula is C9H14N2O2. The predicted molar refractivity (Wildman–Crippen MR) is 47.1 cm³/mol. The molecule has 1 aliphatic rings. The van der Waals surface area contributed by atoms with Gasteiger partial charge in [-0.15, -0.1) is 0 Å². The van der Waals surface area contributed by atoms with Gasteiger partial charge in [-0.1, -0.05) is 0 Å². The maximum atomic E-state index is 5.51. The molecule has 0 aliphatic carbocycles. The molecular weight excluding hydrogens is 168 g/mol. The van der Waals surface area contributed by atoms with E-state index in [2.05, 4.69) is 4.98 Å². The van der Waals surface area contributed by atoms with Crippen molar-refractivity contribution in [1.29, 1.82) is 0 Å². The van der Waals surface area contributed by atoms with Gasteiger partial charge in [0.15, 0.2) is 0 Å². The van der Waals surface area contributed by atoms with E-state index in [4.69, 9.17) is 14.9 Å². The number of hydrogen-bond acceptors (Lipinski definition) is 4. The van der Waals surface area contributed by atoms with Crippen LogP contribution in [-0.4, -0.2) is 11.6 Å². The Bertz CT molecular complexity index is 290. The molecule has 0 saturated carbocycles. The first kappa shape index (κ1) is 8.72. The van der Waals surface area contributed by atoms with E-state index < -0.39 is 0 Å². The molecule has 1 atom stereocenters. The summed E-state index contributed by atoms with van der Waals surface area (Å²) in [4.78, 5) is 4.29. The first-order chi connectivity index (χ1) is 6.31. The fraction of sp³-hybridized carbons (Fsp3) is 0.667. The number of nitrogens with zero attached hydrogens (tertiary/aromatic N) is 1. The van der Waals surface area contributed by atoms with E-state index in [-0.39, 0.29) is 6.10 Å². The van der Waals surface area contributed by atoms with Gasteiger partial charge in [-0.2, -0.15) is 0 Å². The average molecular weight is 182 g/mol. The van der Waals surface area contributed by atoms with Gasteiger partial charge in [0.2, 0.25) is 5.89 Å². The summed E-state index contributed by atoms with van der Waals surface area (Å²) in [6, 6.07) is 0. The SMILES string of the molecule is Cc1oc(CN)nc1C1CCCO1. The smallest absolute Gasteiger partial charge is 0.208 e. The lowest BCUT2D eigenvalue weighted by atomic mass is 10.1. The number of hydrogen-bond donors (Lipinski definition) is 1. The molecule has 4 heteroatoms. The molecule has 1 unspecified atom stereocenters. The Labute approximate surface area is 77.1 Å². The zero-order chi connectivity index (χ0) is 9.26. The zero-order valence-corrected chi connectivity index (χ0v) is 7.75. The molecule has 2 rings (SSSR count). The van der Waals surface area contributed by atoms with Crippen molar-refractivity contribution >= 4 is 0 Å². The largest absolute Gasteiger partial charge is 0.444 e. The minimum absolute atomic E-state index is 0.129. The minimum atomic E-state index is 0.129. The van der Waals surface area contributed by atoms with Crippen molar-refractivity contribution in [3.05, 3.63) is 17.3 Å². The van der Waals surface area contributed by atoms with Gasteiger partial charge in [-0.05, 0) is 19.8 Å². The molecule has 1 saturated heterocycles. The summed E-state index contributed by atoms with van der Waals surface area (Å²) in [6.45, 7) is 3.09. The second-order valence-corrected chi connectivity index (χ2v) is 3.25. The van der Waals surface area contributed by atoms with Crippen LogP contribution in [-0.2, 0) is 11.3 Å². The molecule has 4 nitrogen and oxygen atoms in total. The summed E-state index contributed by atoms with van der Waals surface area (Å²) in [5, 5.41) is 0. The summed E-state index contributed by atoms with van der Waals surface area (Å²) in [5.41, 5.74) is 6.36. The van der Waals surface area contributed by atoms with E-state index in [1.807, 2.05) is 6.92 Å². The Kier molecular flexibility index (Phi) is 2.33. The van der Waals surface area contributed by atoms with Gasteiger partial charge in [-0.3, -0.25) is 0 Å². The van der Waals surface area contributed by atoms with Crippen molar-refractivity contribution in [2.24, 2.45) is 5.73 Å². The van der Waals surface area contributed by atoms with Gasteiger partial charge in [-0.25, -0.2) is 4.98 Å². The van der Waals surface area contributed by atoms with Crippen molar-refractivity contribution in [3.63, 3.8) is 0 Å². The van der Waals surface area contributed by atoms with Gasteiger partial charge in [0.25, 0.3) is 0 Å². The Balaban J connectivity index is 2.22. The van der Waals surface area contributed by atoms with Crippen LogP contribution in [0, 0.1) is 6.92 Å². The topological polar surface area (TPSA) is 61.3 Å². The van der Waals surface area contributed by atoms with Gasteiger partial charge >= 0.3 is 0 Å². The molecule has 2 N–H and O–H groups in total. The van der Waals surface area contributed by atoms with E-state index >= 15 is 0 Å². The lowest BCUT2D eigenvalue weighted by Crippen LogP contribution is -2.00. The zero-order valence-electron chi connectivity index (χ0n) is 7.75. The highest BCUT2D eigenvalue weighted by molar-refractivity contribution is 5.12. The Hall–Kier alpha value is -0.870. The summed E-state index contributed by atoms with van der Waals surface area (Å²) in [6.07, 6.45) is 2.27. The number of aromatic nitrogens is 1. The van der Waals surface area contributed by atoms with Crippen LogP contribution in [0.25, 0.3) is 0 Å². The van der Waals surface area contributed by atoms with Crippen LogP contribution in [0.2, 0.25) is 0 Å². The summed E-state index contributed by atoms with van der Waals surface area (Å²) >= 11 is 0. The van der Waals surface area contributed by atoms with E-state index in [1.165, 1.54) is 0 Å². The van der Waals surface area contributed by atoms with Crippen molar-refractivity contribution in [3.8, 4) is 0 Å². The maximum Gasteiger partial charge on any atom is 0.208 e. The third kappa shape index (κ3) is 1.59. The van der Waals surface area contributed by atoms with Crippen molar-refractivity contribution in [2.45, 2.75) is 32.4 Å². The number of rotatable bonds is 2. The first-order valence-electron chi connectivity index (χ1n) is 4.59. The lowest BCUT2D eigenvalue weighted by molar-refractivity contribution is 0.108. The molecule has 72 valence electrons. The number of aryl methyl sites for hydroxylation is 1. The van der Waals surface area contributed by atoms with Gasteiger partial charge < -0.3 is 14.9 Å². The van der Waals surface area contributed by atoms with Gasteiger partial charge in [0.05, 0.1) is 6.54 Å². The van der Waals surface area contributed by atoms with Crippen molar-refractivity contribution < 1.29 is 9.15 Å². The van der Waals surface area contributed by atoms with E-state index in [0.29, 0.717) is 12.4 Å². The average Bonchev–Trinajstić information content (AvgIpc) is 2.72. The molecule has 1 fully saturated rings. The molecule has 0 radical (unpaired) electrons. The second-order valence-electron chi connectivity index (χ2n) is 3.25. The highest BCUT2D eigenvalue weighted by atomic mass is 16.5. The highest BCUT2D eigenvalue weighted by Gasteiger charge is 2.23. The molecule has 0 amide bonds. The summed E-state index contributed by atoms with van der Waals surface area (Å²) in [7, 11) is 0. The molecule has 1 aromatic rings. The highest BCUT2D eigenvalue weighted by Crippen LogP contribution is 2.30. The van der Waals surface area contributed by atoms with E-state index in [9.17, 15) is 0 Å². The third-order valence-electron chi connectivity index (χ3n) is 2.29. The van der Waals surface area contributed by atoms with Crippen LogP contribution in [0.4, 0.5) is 0 Å². The van der Waals surface area contributed by atoms with Crippen LogP contribution in [0.3, 0.4) is 0 Å². The van der Waals surface area contributed by atoms with Crippen LogP contribution < -0.4 is 5.73 Å². The molecule has 13 heavy (non-hydrogen) atoms. The van der Waals surface area contributed by atoms with Crippen LogP contribution in [0.5, 0.6) is 0 Å². The number of nitrogens with two attached hydrogens (primary N) is 1. The van der Waals surface area contributed by atoms with Crippen molar-refractivity contribution in [2.75, 3.05) is 6.61 Å². The molecule has 1 aromatic heterocycles. The predicted octanol–water partition coefficient (Wildman–Crippen LogP) is 1.29. The molecule has 2 heterocycles. The maximum absolute atomic E-state index is 5.51. The fourth-order valence-electron chi connectivity index (χ4n) is 1.64. The van der Waals surface area contributed by atoms with Gasteiger partial charge in [0.1, 0.15) is 17.6 Å². The Morgan fingerprint density at radius 3 is 3.00 bits per heavy atom. The van der Waals surface area contributed by atoms with Crippen LogP contribution in [0.15, 0.2) is 4.42 Å². The molecule has 0 spiro atoms. The molecule has 1 aliphatic heterocycles. The molecule has 0 aromatic carbocycles. The molecule has 0 bridgehead atoms. The third-order valence-corrected chi connectivity index (χ3v) is 2.29. The van der Waals surface area contributed by atoms with Gasteiger partial charge in [0, 0.05) is 6.61 Å². The Morgan fingerprint density at radius 1 is 1.62 bits per heavy atom. The fourth-order valence-corrected chi connectivity index (χ4v) is 1.64. The normalized spacial score (nSPS) is 22.5. The number of ether oxygens (including phenoxy) is 1. The summed E-state index contributed by atoms with van der Waals surface area (Å²) in [5.74, 6) is 1.44. The van der Waals surface area contributed by atoms with Crippen molar-refractivity contribution in [1.82, 2.24) is 4.98 Å². The van der Waals surface area contributed by atoms with Crippen LogP contribution in [0.1, 0.15) is 36.3 Å². The quantitative estimate of drug-likeness (QED) is 0.748. The van der Waals surface area contributed by atoms with E-state index in [1.54, 1.807) is 0 Å². The lowest BCUT2D eigenvalue weighted by Gasteiger charge is -2.04. The second kappa shape index (κ2) is 3.47. The first-order valence-corrected chi connectivity index (χ1v) is 4.59. The Morgan fingerprint density at radius 2 is 2.46 bits per heavy atom. The summed E-state index contributed by atoms with van der Waals surface area (Å²) < 4.78 is 10.9. The standard InChI is InChI=1S/C9H14N2O2/c1-6-9(7-3-2-4-12-7)11-8(5-10)13-6/h7H,2-5,10H2,1H3. The number of oxazole rings is 1. The minimum Gasteiger partial charge on any atom is -0.444 e. The van der Waals surface area contributed by atoms with Crippen LogP contribution >= 0.6 is 0 Å². The monoisotopic (exact) mass is 182 g/mol.